The number of nitrogens with zero attached hydrogens (tertiary/aromatic N) is 1. The predicted octanol–water partition coefficient (Wildman–Crippen LogP) is 2.67. The first-order chi connectivity index (χ1) is 11.2. The third-order valence-corrected chi connectivity index (χ3v) is 4.55. The Kier molecular flexibility index (Phi) is 12.5. The molecule has 1 fully saturated rings. The SMILES string of the molecule is CCN(CC)C(CNC(=O)C1CNCCO1)c1ccccc1Cl.Cl.Cl. The molecule has 1 aliphatic heterocycles. The van der Waals surface area contributed by atoms with Crippen LogP contribution in [-0.2, 0) is 9.53 Å². The lowest BCUT2D eigenvalue weighted by atomic mass is 10.0. The van der Waals surface area contributed by atoms with Gasteiger partial charge in [0.1, 0.15) is 6.10 Å². The molecule has 25 heavy (non-hydrogen) atoms. The first-order valence-corrected chi connectivity index (χ1v) is 8.63. The molecule has 1 heterocycles. The lowest BCUT2D eigenvalue weighted by molar-refractivity contribution is -0.134. The zero-order valence-corrected chi connectivity index (χ0v) is 17.1. The van der Waals surface area contributed by atoms with Crippen LogP contribution < -0.4 is 10.6 Å². The summed E-state index contributed by atoms with van der Waals surface area (Å²) in [5.41, 5.74) is 1.04. The minimum absolute atomic E-state index is 0. The van der Waals surface area contributed by atoms with Crippen LogP contribution in [0.1, 0.15) is 25.5 Å². The summed E-state index contributed by atoms with van der Waals surface area (Å²) in [7, 11) is 0. The highest BCUT2D eigenvalue weighted by Gasteiger charge is 2.25. The van der Waals surface area contributed by atoms with Crippen LogP contribution >= 0.6 is 36.4 Å². The molecule has 2 N–H and O–H groups in total. The van der Waals surface area contributed by atoms with Gasteiger partial charge in [0.25, 0.3) is 5.91 Å². The molecule has 0 saturated carbocycles. The third-order valence-electron chi connectivity index (χ3n) is 4.21. The number of ether oxygens (including phenoxy) is 1. The van der Waals surface area contributed by atoms with E-state index >= 15 is 0 Å². The molecule has 5 nitrogen and oxygen atoms in total. The highest BCUT2D eigenvalue weighted by Crippen LogP contribution is 2.27. The lowest BCUT2D eigenvalue weighted by Gasteiger charge is -2.31. The van der Waals surface area contributed by atoms with Gasteiger partial charge in [0.15, 0.2) is 0 Å². The molecule has 2 rings (SSSR count). The number of carbonyl (C=O) groups excluding carboxylic acids is 1. The molecule has 1 saturated heterocycles. The Morgan fingerprint density at radius 3 is 2.60 bits per heavy atom. The predicted molar refractivity (Wildman–Crippen MR) is 107 cm³/mol. The van der Waals surface area contributed by atoms with Crippen molar-refractivity contribution in [1.29, 1.82) is 0 Å². The molecule has 0 aliphatic carbocycles. The van der Waals surface area contributed by atoms with E-state index in [1.54, 1.807) is 0 Å². The van der Waals surface area contributed by atoms with Crippen LogP contribution in [0.5, 0.6) is 0 Å². The van der Waals surface area contributed by atoms with Gasteiger partial charge in [-0.3, -0.25) is 9.69 Å². The van der Waals surface area contributed by atoms with E-state index in [4.69, 9.17) is 16.3 Å². The highest BCUT2D eigenvalue weighted by atomic mass is 35.5. The summed E-state index contributed by atoms with van der Waals surface area (Å²) in [5, 5.41) is 6.93. The second-order valence-corrected chi connectivity index (χ2v) is 5.97. The van der Waals surface area contributed by atoms with Crippen molar-refractivity contribution >= 4 is 42.3 Å². The number of amides is 1. The van der Waals surface area contributed by atoms with Crippen molar-refractivity contribution in [1.82, 2.24) is 15.5 Å². The van der Waals surface area contributed by atoms with Gasteiger partial charge in [0, 0.05) is 24.7 Å². The fourth-order valence-corrected chi connectivity index (χ4v) is 3.15. The minimum atomic E-state index is -0.410. The van der Waals surface area contributed by atoms with E-state index in [2.05, 4.69) is 29.4 Å². The summed E-state index contributed by atoms with van der Waals surface area (Å²) >= 11 is 6.37. The number of hydrogen-bond donors (Lipinski definition) is 2. The topological polar surface area (TPSA) is 53.6 Å². The van der Waals surface area contributed by atoms with Crippen molar-refractivity contribution in [3.63, 3.8) is 0 Å². The molecule has 1 amide bonds. The van der Waals surface area contributed by atoms with Crippen LogP contribution in [0.2, 0.25) is 5.02 Å². The maximum atomic E-state index is 12.3. The van der Waals surface area contributed by atoms with Crippen LogP contribution in [-0.4, -0.2) is 56.2 Å². The molecule has 2 atom stereocenters. The molecule has 0 bridgehead atoms. The zero-order valence-electron chi connectivity index (χ0n) is 14.7. The monoisotopic (exact) mass is 411 g/mol. The van der Waals surface area contributed by atoms with E-state index in [1.807, 2.05) is 24.3 Å². The Bertz CT molecular complexity index is 510. The standard InChI is InChI=1S/C17H26ClN3O2.2ClH/c1-3-21(4-2)15(13-7-5-6-8-14(13)18)11-20-17(22)16-12-19-9-10-23-16;;/h5-8,15-16,19H,3-4,9-12H2,1-2H3,(H,20,22);2*1H. The van der Waals surface area contributed by atoms with E-state index in [0.29, 0.717) is 19.7 Å². The van der Waals surface area contributed by atoms with Crippen LogP contribution in [0.4, 0.5) is 0 Å². The van der Waals surface area contributed by atoms with Gasteiger partial charge >= 0.3 is 0 Å². The van der Waals surface area contributed by atoms with Crippen molar-refractivity contribution in [2.24, 2.45) is 0 Å². The molecule has 1 aromatic rings. The summed E-state index contributed by atoms with van der Waals surface area (Å²) in [6.07, 6.45) is -0.410. The average Bonchev–Trinajstić information content (AvgIpc) is 2.60. The van der Waals surface area contributed by atoms with E-state index < -0.39 is 6.10 Å². The van der Waals surface area contributed by atoms with Gasteiger partial charge in [-0.05, 0) is 24.7 Å². The van der Waals surface area contributed by atoms with Crippen molar-refractivity contribution in [3.05, 3.63) is 34.9 Å². The summed E-state index contributed by atoms with van der Waals surface area (Å²) < 4.78 is 5.50. The number of halogens is 3. The molecule has 0 radical (unpaired) electrons. The Hall–Kier alpha value is -0.560. The largest absolute Gasteiger partial charge is 0.366 e. The first-order valence-electron chi connectivity index (χ1n) is 8.25. The zero-order chi connectivity index (χ0) is 16.7. The molecule has 2 unspecified atom stereocenters. The Morgan fingerprint density at radius 2 is 2.04 bits per heavy atom. The number of carbonyl (C=O) groups is 1. The lowest BCUT2D eigenvalue weighted by Crippen LogP contribution is -2.49. The first kappa shape index (κ1) is 24.4. The van der Waals surface area contributed by atoms with Crippen molar-refractivity contribution in [3.8, 4) is 0 Å². The Labute approximate surface area is 167 Å². The van der Waals surface area contributed by atoms with Gasteiger partial charge in [-0.25, -0.2) is 0 Å². The molecule has 1 aliphatic rings. The van der Waals surface area contributed by atoms with Gasteiger partial charge in [-0.2, -0.15) is 0 Å². The van der Waals surface area contributed by atoms with Crippen LogP contribution in [0, 0.1) is 0 Å². The van der Waals surface area contributed by atoms with Gasteiger partial charge in [0.05, 0.1) is 12.6 Å². The molecule has 8 heteroatoms. The Morgan fingerprint density at radius 1 is 1.36 bits per heavy atom. The summed E-state index contributed by atoms with van der Waals surface area (Å²) in [6.45, 7) is 8.46. The summed E-state index contributed by atoms with van der Waals surface area (Å²) in [4.78, 5) is 14.6. The van der Waals surface area contributed by atoms with Crippen LogP contribution in [0.25, 0.3) is 0 Å². The molecule has 1 aromatic carbocycles. The normalized spacial score (nSPS) is 18.0. The third kappa shape index (κ3) is 6.93. The molecular formula is C17H28Cl3N3O2. The average molecular weight is 413 g/mol. The number of morpholine rings is 1. The van der Waals surface area contributed by atoms with Crippen molar-refractivity contribution in [2.45, 2.75) is 26.0 Å². The number of rotatable bonds is 7. The maximum absolute atomic E-state index is 12.3. The Balaban J connectivity index is 0.00000288. The smallest absolute Gasteiger partial charge is 0.250 e. The van der Waals surface area contributed by atoms with Crippen LogP contribution in [0.15, 0.2) is 24.3 Å². The molecule has 144 valence electrons. The van der Waals surface area contributed by atoms with Gasteiger partial charge in [-0.15, -0.1) is 24.8 Å². The quantitative estimate of drug-likeness (QED) is 0.723. The fraction of sp³-hybridized carbons (Fsp3) is 0.588. The fourth-order valence-electron chi connectivity index (χ4n) is 2.89. The second-order valence-electron chi connectivity index (χ2n) is 5.57. The number of hydrogen-bond acceptors (Lipinski definition) is 4. The maximum Gasteiger partial charge on any atom is 0.250 e. The summed E-state index contributed by atoms with van der Waals surface area (Å²) in [6, 6.07) is 7.87. The van der Waals surface area contributed by atoms with E-state index in [1.165, 1.54) is 0 Å². The number of nitrogens with one attached hydrogen (secondary N) is 2. The highest BCUT2D eigenvalue weighted by molar-refractivity contribution is 6.31. The number of benzene rings is 1. The van der Waals surface area contributed by atoms with Gasteiger partial charge in [0.2, 0.25) is 0 Å². The second kappa shape index (κ2) is 12.7. The minimum Gasteiger partial charge on any atom is -0.366 e. The summed E-state index contributed by atoms with van der Waals surface area (Å²) in [5.74, 6) is -0.0681. The van der Waals surface area contributed by atoms with Crippen molar-refractivity contribution < 1.29 is 9.53 Å². The molecule has 0 aromatic heterocycles. The van der Waals surface area contributed by atoms with Crippen molar-refractivity contribution in [2.75, 3.05) is 39.3 Å². The van der Waals surface area contributed by atoms with Gasteiger partial charge < -0.3 is 15.4 Å². The molecular weight excluding hydrogens is 385 g/mol. The van der Waals surface area contributed by atoms with E-state index in [9.17, 15) is 4.79 Å². The van der Waals surface area contributed by atoms with E-state index in [-0.39, 0.29) is 36.8 Å². The molecule has 0 spiro atoms. The van der Waals surface area contributed by atoms with Crippen LogP contribution in [0.3, 0.4) is 0 Å². The van der Waals surface area contributed by atoms with Gasteiger partial charge in [-0.1, -0.05) is 43.6 Å². The number of likely N-dealkylation sites (N-methyl/N-ethyl adjacent to an activating group) is 1. The van der Waals surface area contributed by atoms with E-state index in [0.717, 1.165) is 30.2 Å².